The first-order valence-electron chi connectivity index (χ1n) is 2.64. The summed E-state index contributed by atoms with van der Waals surface area (Å²) in [6, 6.07) is 1.93. The summed E-state index contributed by atoms with van der Waals surface area (Å²) >= 11 is 4.73. The standard InChI is InChI=1S/C6H2BrN2S/c7-4-1-5-6(8-2-4)10-3-9-5/h1-2H. The second kappa shape index (κ2) is 2.29. The van der Waals surface area contributed by atoms with Gasteiger partial charge in [0.1, 0.15) is 10.3 Å². The van der Waals surface area contributed by atoms with E-state index in [0.717, 1.165) is 14.8 Å². The van der Waals surface area contributed by atoms with Crippen LogP contribution in [0.1, 0.15) is 0 Å². The Labute approximate surface area is 70.1 Å². The summed E-state index contributed by atoms with van der Waals surface area (Å²) in [5.74, 6) is 0. The van der Waals surface area contributed by atoms with Crippen molar-refractivity contribution in [1.29, 1.82) is 0 Å². The lowest BCUT2D eigenvalue weighted by Crippen LogP contribution is -1.71. The first kappa shape index (κ1) is 6.24. The maximum absolute atomic E-state index is 4.12. The van der Waals surface area contributed by atoms with Crippen molar-refractivity contribution in [3.8, 4) is 0 Å². The third-order valence-corrected chi connectivity index (χ3v) is 2.23. The van der Waals surface area contributed by atoms with E-state index in [2.05, 4.69) is 31.4 Å². The van der Waals surface area contributed by atoms with Crippen molar-refractivity contribution in [2.24, 2.45) is 0 Å². The number of rotatable bonds is 0. The normalized spacial score (nSPS) is 10.5. The van der Waals surface area contributed by atoms with Gasteiger partial charge in [0.05, 0.1) is 0 Å². The molecular weight excluding hydrogens is 212 g/mol. The summed E-state index contributed by atoms with van der Waals surface area (Å²) in [5, 5.41) is 0. The second-order valence-corrected chi connectivity index (χ2v) is 3.47. The van der Waals surface area contributed by atoms with Crippen molar-refractivity contribution >= 4 is 37.6 Å². The molecule has 2 aromatic rings. The van der Waals surface area contributed by atoms with Crippen LogP contribution < -0.4 is 0 Å². The predicted octanol–water partition coefficient (Wildman–Crippen LogP) is 2.25. The van der Waals surface area contributed by atoms with Crippen LogP contribution in [0.15, 0.2) is 16.7 Å². The fraction of sp³-hybridized carbons (Fsp3) is 0. The van der Waals surface area contributed by atoms with Gasteiger partial charge in [-0.1, -0.05) is 11.3 Å². The minimum absolute atomic E-state index is 0.902. The third-order valence-electron chi connectivity index (χ3n) is 1.11. The Balaban J connectivity index is 2.86. The molecule has 0 saturated heterocycles. The molecule has 0 aliphatic rings. The van der Waals surface area contributed by atoms with Crippen molar-refractivity contribution in [3.05, 3.63) is 22.2 Å². The van der Waals surface area contributed by atoms with E-state index >= 15 is 0 Å². The summed E-state index contributed by atoms with van der Waals surface area (Å²) in [6.07, 6.45) is 1.76. The van der Waals surface area contributed by atoms with Crippen molar-refractivity contribution in [3.63, 3.8) is 0 Å². The summed E-state index contributed by atoms with van der Waals surface area (Å²) < 4.78 is 0.958. The van der Waals surface area contributed by atoms with Gasteiger partial charge in [-0.3, -0.25) is 0 Å². The van der Waals surface area contributed by atoms with Crippen LogP contribution in [0.2, 0.25) is 0 Å². The number of halogens is 1. The van der Waals surface area contributed by atoms with Crippen LogP contribution >= 0.6 is 27.3 Å². The maximum Gasteiger partial charge on any atom is 0.155 e. The monoisotopic (exact) mass is 213 g/mol. The summed E-state index contributed by atoms with van der Waals surface area (Å²) in [5.41, 5.74) is 3.68. The predicted molar refractivity (Wildman–Crippen MR) is 44.0 cm³/mol. The van der Waals surface area contributed by atoms with Gasteiger partial charge in [0.2, 0.25) is 0 Å². The molecular formula is C6H2BrN2S. The van der Waals surface area contributed by atoms with Crippen LogP contribution in [0, 0.1) is 5.51 Å². The Morgan fingerprint density at radius 3 is 3.40 bits per heavy atom. The van der Waals surface area contributed by atoms with E-state index in [1.54, 1.807) is 6.20 Å². The lowest BCUT2D eigenvalue weighted by molar-refractivity contribution is 1.38. The molecule has 0 bridgehead atoms. The molecule has 0 amide bonds. The van der Waals surface area contributed by atoms with Gasteiger partial charge >= 0.3 is 0 Å². The summed E-state index contributed by atoms with van der Waals surface area (Å²) in [6.45, 7) is 0. The van der Waals surface area contributed by atoms with E-state index in [-0.39, 0.29) is 0 Å². The Morgan fingerprint density at radius 1 is 1.60 bits per heavy atom. The summed E-state index contributed by atoms with van der Waals surface area (Å²) in [4.78, 5) is 9.03. The van der Waals surface area contributed by atoms with Gasteiger partial charge in [-0.2, -0.15) is 0 Å². The van der Waals surface area contributed by atoms with Crippen LogP contribution in [0.5, 0.6) is 0 Å². The number of nitrogens with zero attached hydrogens (tertiary/aromatic N) is 2. The number of thiazole rings is 1. The lowest BCUT2D eigenvalue weighted by Gasteiger charge is -1.86. The van der Waals surface area contributed by atoms with Crippen LogP contribution in [-0.4, -0.2) is 9.97 Å². The van der Waals surface area contributed by atoms with Gasteiger partial charge in [0.25, 0.3) is 0 Å². The molecule has 2 aromatic heterocycles. The fourth-order valence-corrected chi connectivity index (χ4v) is 1.55. The minimum atomic E-state index is 0.902. The summed E-state index contributed by atoms with van der Waals surface area (Å²) in [7, 11) is 0. The van der Waals surface area contributed by atoms with Gasteiger partial charge in [0.15, 0.2) is 5.51 Å². The van der Waals surface area contributed by atoms with Gasteiger partial charge < -0.3 is 0 Å². The van der Waals surface area contributed by atoms with E-state index in [4.69, 9.17) is 0 Å². The van der Waals surface area contributed by atoms with Crippen molar-refractivity contribution in [2.45, 2.75) is 0 Å². The highest BCUT2D eigenvalue weighted by Gasteiger charge is 1.96. The van der Waals surface area contributed by atoms with Gasteiger partial charge in [-0.25, -0.2) is 9.97 Å². The minimum Gasteiger partial charge on any atom is -0.242 e. The van der Waals surface area contributed by atoms with Gasteiger partial charge in [-0.15, -0.1) is 0 Å². The highest BCUT2D eigenvalue weighted by atomic mass is 79.9. The SMILES string of the molecule is Brc1cnc2s[c]nc2c1. The molecule has 0 spiro atoms. The van der Waals surface area contributed by atoms with Crippen molar-refractivity contribution < 1.29 is 0 Å². The Hall–Kier alpha value is -0.480. The molecule has 0 aliphatic carbocycles. The molecule has 0 fully saturated rings. The van der Waals surface area contributed by atoms with Crippen LogP contribution in [0.25, 0.3) is 10.3 Å². The Kier molecular flexibility index (Phi) is 1.43. The molecule has 0 aliphatic heterocycles. The quantitative estimate of drug-likeness (QED) is 0.672. The number of hydrogen-bond donors (Lipinski definition) is 0. The van der Waals surface area contributed by atoms with Gasteiger partial charge in [0, 0.05) is 10.7 Å². The van der Waals surface area contributed by atoms with E-state index < -0.39 is 0 Å². The van der Waals surface area contributed by atoms with Crippen molar-refractivity contribution in [2.75, 3.05) is 0 Å². The third kappa shape index (κ3) is 0.932. The Bertz CT molecular complexity index is 357. The van der Waals surface area contributed by atoms with Gasteiger partial charge in [-0.05, 0) is 22.0 Å². The lowest BCUT2D eigenvalue weighted by atomic mass is 10.5. The molecule has 2 heterocycles. The molecule has 1 radical (unpaired) electrons. The molecule has 4 heteroatoms. The highest BCUT2D eigenvalue weighted by molar-refractivity contribution is 9.10. The smallest absolute Gasteiger partial charge is 0.155 e. The van der Waals surface area contributed by atoms with Crippen LogP contribution in [-0.2, 0) is 0 Å². The number of fused-ring (bicyclic) bond motifs is 1. The first-order valence-corrected chi connectivity index (χ1v) is 4.25. The number of pyridine rings is 1. The molecule has 49 valence electrons. The number of aromatic nitrogens is 2. The zero-order chi connectivity index (χ0) is 6.97. The number of hydrogen-bond acceptors (Lipinski definition) is 3. The van der Waals surface area contributed by atoms with Crippen LogP contribution in [0.3, 0.4) is 0 Å². The fourth-order valence-electron chi connectivity index (χ4n) is 0.690. The molecule has 0 aromatic carbocycles. The van der Waals surface area contributed by atoms with Crippen molar-refractivity contribution in [1.82, 2.24) is 9.97 Å². The van der Waals surface area contributed by atoms with E-state index in [1.165, 1.54) is 11.3 Å². The topological polar surface area (TPSA) is 25.8 Å². The molecule has 10 heavy (non-hydrogen) atoms. The molecule has 0 saturated carbocycles. The molecule has 0 N–H and O–H groups in total. The molecule has 0 atom stereocenters. The van der Waals surface area contributed by atoms with Crippen LogP contribution in [0.4, 0.5) is 0 Å². The zero-order valence-corrected chi connectivity index (χ0v) is 7.24. The second-order valence-electron chi connectivity index (χ2n) is 1.78. The average Bonchev–Trinajstić information content (AvgIpc) is 2.33. The van der Waals surface area contributed by atoms with E-state index in [1.807, 2.05) is 6.07 Å². The Morgan fingerprint density at radius 2 is 2.50 bits per heavy atom. The first-order chi connectivity index (χ1) is 4.86. The average molecular weight is 214 g/mol. The molecule has 0 unspecified atom stereocenters. The largest absolute Gasteiger partial charge is 0.242 e. The zero-order valence-electron chi connectivity index (χ0n) is 4.84. The highest BCUT2D eigenvalue weighted by Crippen LogP contribution is 2.17. The molecule has 2 nitrogen and oxygen atoms in total. The van der Waals surface area contributed by atoms with E-state index in [0.29, 0.717) is 0 Å². The molecule has 2 rings (SSSR count). The van der Waals surface area contributed by atoms with E-state index in [9.17, 15) is 0 Å². The maximum atomic E-state index is 4.12.